The lowest BCUT2D eigenvalue weighted by atomic mass is 9.73. The Hall–Kier alpha value is -0.230. The smallest absolute Gasteiger partial charge is 0.137 e. The lowest BCUT2D eigenvalue weighted by molar-refractivity contribution is -0.791. The fraction of sp³-hybridized carbons (Fsp3) is 0.818. The van der Waals surface area contributed by atoms with Gasteiger partial charge >= 0.3 is 0 Å². The van der Waals surface area contributed by atoms with Gasteiger partial charge in [-0.05, 0) is 27.7 Å². The van der Waals surface area contributed by atoms with Crippen LogP contribution in [0.1, 0.15) is 40.5 Å². The average Bonchev–Trinajstić information content (AvgIpc) is 1.79. The number of hydrogen-bond donors (Lipinski definition) is 2. The van der Waals surface area contributed by atoms with Crippen molar-refractivity contribution in [1.82, 2.24) is 0 Å². The maximum absolute atomic E-state index is 10.1. The van der Waals surface area contributed by atoms with Crippen molar-refractivity contribution in [3.63, 3.8) is 0 Å². The molecule has 1 fully saturated rings. The Morgan fingerprint density at radius 1 is 1.14 bits per heavy atom. The van der Waals surface area contributed by atoms with Crippen LogP contribution in [-0.4, -0.2) is 21.8 Å². The number of hydrogen-bond acceptors (Lipinski definition) is 1. The van der Waals surface area contributed by atoms with Crippen LogP contribution in [0, 0.1) is 12.3 Å². The summed E-state index contributed by atoms with van der Waals surface area (Å²) in [4.78, 5) is 0. The monoisotopic (exact) mass is 217 g/mol. The van der Waals surface area contributed by atoms with Crippen molar-refractivity contribution in [2.75, 3.05) is 0 Å². The fourth-order valence-corrected chi connectivity index (χ4v) is 2.83. The number of rotatable bonds is 0. The second kappa shape index (κ2) is 3.73. The summed E-state index contributed by atoms with van der Waals surface area (Å²) in [6, 6.07) is 0. The van der Waals surface area contributed by atoms with E-state index >= 15 is 0 Å². The first kappa shape index (κ1) is 13.8. The maximum Gasteiger partial charge on any atom is 0.137 e. The molecule has 0 amide bonds. The predicted octanol–water partition coefficient (Wildman–Crippen LogP) is -2.73. The Morgan fingerprint density at radius 2 is 1.50 bits per heavy atom. The molecule has 1 rings (SSSR count). The van der Waals surface area contributed by atoms with Crippen molar-refractivity contribution in [3.05, 3.63) is 0 Å². The number of terminal acetylenes is 1. The molecule has 0 bridgehead atoms. The van der Waals surface area contributed by atoms with E-state index in [1.54, 1.807) is 0 Å². The Bertz CT molecular complexity index is 237. The molecule has 0 radical (unpaired) electrons. The molecule has 0 saturated carbocycles. The lowest BCUT2D eigenvalue weighted by Gasteiger charge is -2.45. The van der Waals surface area contributed by atoms with Crippen LogP contribution < -0.4 is 17.7 Å². The molecule has 1 aliphatic rings. The van der Waals surface area contributed by atoms with Gasteiger partial charge in [0.25, 0.3) is 0 Å². The summed E-state index contributed by atoms with van der Waals surface area (Å²) in [6.07, 6.45) is 6.70. The van der Waals surface area contributed by atoms with Crippen LogP contribution in [0.15, 0.2) is 0 Å². The first-order valence-electron chi connectivity index (χ1n) is 4.75. The Labute approximate surface area is 92.9 Å². The van der Waals surface area contributed by atoms with Crippen LogP contribution >= 0.6 is 0 Å². The summed E-state index contributed by atoms with van der Waals surface area (Å²) in [5.74, 6) is 2.53. The van der Waals surface area contributed by atoms with E-state index in [1.165, 1.54) is 0 Å². The number of quaternary nitrogens is 1. The van der Waals surface area contributed by atoms with Crippen molar-refractivity contribution in [3.8, 4) is 12.3 Å². The van der Waals surface area contributed by atoms with E-state index in [9.17, 15) is 5.11 Å². The van der Waals surface area contributed by atoms with Crippen LogP contribution in [0.2, 0.25) is 0 Å². The molecule has 0 unspecified atom stereocenters. The van der Waals surface area contributed by atoms with Gasteiger partial charge in [-0.25, -0.2) is 0 Å². The van der Waals surface area contributed by atoms with Crippen LogP contribution in [0.5, 0.6) is 0 Å². The SMILES string of the molecule is C#CC1(O)CC(C)(C)[NH2+]C(C)(C)C1.[Cl-]. The Balaban J connectivity index is 0.00000169. The van der Waals surface area contributed by atoms with Gasteiger partial charge in [-0.1, -0.05) is 5.92 Å². The van der Waals surface area contributed by atoms with E-state index in [2.05, 4.69) is 38.9 Å². The van der Waals surface area contributed by atoms with E-state index in [0.717, 1.165) is 0 Å². The summed E-state index contributed by atoms with van der Waals surface area (Å²) < 4.78 is 0. The molecule has 1 aliphatic heterocycles. The van der Waals surface area contributed by atoms with Crippen molar-refractivity contribution in [1.29, 1.82) is 0 Å². The highest BCUT2D eigenvalue weighted by molar-refractivity contribution is 5.12. The summed E-state index contributed by atoms with van der Waals surface area (Å²) in [5.41, 5.74) is -0.854. The zero-order chi connectivity index (χ0) is 10.3. The molecule has 0 aromatic rings. The molecular formula is C11H20ClNO. The van der Waals surface area contributed by atoms with Crippen molar-refractivity contribution < 1.29 is 22.8 Å². The molecule has 1 saturated heterocycles. The van der Waals surface area contributed by atoms with E-state index in [1.807, 2.05) is 0 Å². The quantitative estimate of drug-likeness (QED) is 0.425. The van der Waals surface area contributed by atoms with Crippen molar-refractivity contribution in [2.45, 2.75) is 57.2 Å². The minimum atomic E-state index is -0.915. The van der Waals surface area contributed by atoms with Gasteiger partial charge in [-0.2, -0.15) is 0 Å². The highest BCUT2D eigenvalue weighted by Gasteiger charge is 2.48. The Kier molecular flexibility index (Phi) is 3.67. The number of aliphatic hydroxyl groups is 1. The normalized spacial score (nSPS) is 27.1. The third-order valence-electron chi connectivity index (χ3n) is 2.55. The fourth-order valence-electron chi connectivity index (χ4n) is 2.83. The van der Waals surface area contributed by atoms with Gasteiger partial charge in [-0.15, -0.1) is 6.42 Å². The average molecular weight is 218 g/mol. The second-order valence-electron chi connectivity index (χ2n) is 5.65. The van der Waals surface area contributed by atoms with Gasteiger partial charge in [0.2, 0.25) is 0 Å². The van der Waals surface area contributed by atoms with E-state index < -0.39 is 5.60 Å². The third kappa shape index (κ3) is 3.16. The summed E-state index contributed by atoms with van der Waals surface area (Å²) >= 11 is 0. The van der Waals surface area contributed by atoms with Gasteiger partial charge in [0.15, 0.2) is 0 Å². The first-order chi connectivity index (χ1) is 5.68. The predicted molar refractivity (Wildman–Crippen MR) is 53.1 cm³/mol. The first-order valence-corrected chi connectivity index (χ1v) is 4.75. The molecule has 14 heavy (non-hydrogen) atoms. The second-order valence-corrected chi connectivity index (χ2v) is 5.65. The van der Waals surface area contributed by atoms with Gasteiger partial charge < -0.3 is 22.8 Å². The van der Waals surface area contributed by atoms with Crippen LogP contribution in [-0.2, 0) is 0 Å². The van der Waals surface area contributed by atoms with Crippen LogP contribution in [0.25, 0.3) is 0 Å². The summed E-state index contributed by atoms with van der Waals surface area (Å²) in [5, 5.41) is 12.4. The van der Waals surface area contributed by atoms with Crippen LogP contribution in [0.4, 0.5) is 0 Å². The highest BCUT2D eigenvalue weighted by Crippen LogP contribution is 2.29. The molecule has 2 nitrogen and oxygen atoms in total. The zero-order valence-electron chi connectivity index (χ0n) is 9.39. The molecule has 82 valence electrons. The molecule has 0 aromatic heterocycles. The molecule has 3 heteroatoms. The molecular weight excluding hydrogens is 198 g/mol. The van der Waals surface area contributed by atoms with Crippen LogP contribution in [0.3, 0.4) is 0 Å². The minimum Gasteiger partial charge on any atom is -1.00 e. The van der Waals surface area contributed by atoms with E-state index in [0.29, 0.717) is 12.8 Å². The van der Waals surface area contributed by atoms with E-state index in [-0.39, 0.29) is 23.5 Å². The highest BCUT2D eigenvalue weighted by atomic mass is 35.5. The lowest BCUT2D eigenvalue weighted by Crippen LogP contribution is -3.06. The number of nitrogens with two attached hydrogens (primary N) is 1. The zero-order valence-corrected chi connectivity index (χ0v) is 10.2. The van der Waals surface area contributed by atoms with Gasteiger partial charge in [0.1, 0.15) is 5.60 Å². The molecule has 0 aromatic carbocycles. The summed E-state index contributed by atoms with van der Waals surface area (Å²) in [7, 11) is 0. The number of piperidine rings is 1. The topological polar surface area (TPSA) is 36.8 Å². The molecule has 3 N–H and O–H groups in total. The third-order valence-corrected chi connectivity index (χ3v) is 2.55. The molecule has 0 aliphatic carbocycles. The van der Waals surface area contributed by atoms with Crippen molar-refractivity contribution in [2.24, 2.45) is 0 Å². The molecule has 1 heterocycles. The number of halogens is 1. The van der Waals surface area contributed by atoms with Gasteiger partial charge in [0, 0.05) is 12.8 Å². The van der Waals surface area contributed by atoms with Gasteiger partial charge in [0.05, 0.1) is 11.1 Å². The maximum atomic E-state index is 10.1. The van der Waals surface area contributed by atoms with Crippen molar-refractivity contribution >= 4 is 0 Å². The molecule has 0 spiro atoms. The summed E-state index contributed by atoms with van der Waals surface area (Å²) in [6.45, 7) is 8.48. The van der Waals surface area contributed by atoms with Gasteiger partial charge in [-0.3, -0.25) is 0 Å². The van der Waals surface area contributed by atoms with E-state index in [4.69, 9.17) is 6.42 Å². The standard InChI is InChI=1S/C11H19NO.ClH/c1-6-11(13)7-9(2,3)12-10(4,5)8-11;/h1,12-13H,7-8H2,2-5H3;1H. The minimum absolute atomic E-state index is 0. The Morgan fingerprint density at radius 3 is 1.79 bits per heavy atom. The molecule has 0 atom stereocenters. The largest absolute Gasteiger partial charge is 1.00 e.